The largest absolute Gasteiger partial charge is 0.330 e. The van der Waals surface area contributed by atoms with E-state index in [0.717, 1.165) is 6.54 Å². The van der Waals surface area contributed by atoms with Crippen molar-refractivity contribution in [3.63, 3.8) is 0 Å². The van der Waals surface area contributed by atoms with Gasteiger partial charge in [-0.15, -0.1) is 0 Å². The second-order valence-corrected chi connectivity index (χ2v) is 6.98. The fourth-order valence-corrected chi connectivity index (χ4v) is 4.23. The molecule has 1 aromatic carbocycles. The van der Waals surface area contributed by atoms with Crippen molar-refractivity contribution < 1.29 is 0 Å². The zero-order valence-electron chi connectivity index (χ0n) is 13.6. The minimum atomic E-state index is 0.538. The first-order valence-electron chi connectivity index (χ1n) is 8.33. The first kappa shape index (κ1) is 15.6. The maximum absolute atomic E-state index is 5.89. The zero-order valence-corrected chi connectivity index (χ0v) is 13.6. The molecule has 112 valence electrons. The van der Waals surface area contributed by atoms with Gasteiger partial charge in [0.2, 0.25) is 0 Å². The van der Waals surface area contributed by atoms with E-state index in [1.54, 1.807) is 5.56 Å². The summed E-state index contributed by atoms with van der Waals surface area (Å²) in [5, 5.41) is 0. The minimum absolute atomic E-state index is 0.538. The molecule has 1 aliphatic rings. The highest BCUT2D eigenvalue weighted by Gasteiger charge is 2.30. The fraction of sp³-hybridized carbons (Fsp3) is 0.684. The smallest absolute Gasteiger partial charge is 0.00720 e. The average Bonchev–Trinajstić information content (AvgIpc) is 2.39. The molecule has 20 heavy (non-hydrogen) atoms. The quantitative estimate of drug-likeness (QED) is 0.816. The molecule has 0 unspecified atom stereocenters. The summed E-state index contributed by atoms with van der Waals surface area (Å²) in [6, 6.07) is 4.66. The summed E-state index contributed by atoms with van der Waals surface area (Å²) in [7, 11) is 0. The van der Waals surface area contributed by atoms with Crippen LogP contribution in [0.1, 0.15) is 67.2 Å². The van der Waals surface area contributed by atoms with Crippen molar-refractivity contribution in [3.05, 3.63) is 34.4 Å². The molecule has 0 radical (unpaired) electrons. The first-order chi connectivity index (χ1) is 9.56. The zero-order chi connectivity index (χ0) is 14.6. The Hall–Kier alpha value is -0.820. The number of hydrogen-bond donors (Lipinski definition) is 1. The Morgan fingerprint density at radius 3 is 2.10 bits per heavy atom. The molecule has 1 saturated carbocycles. The van der Waals surface area contributed by atoms with E-state index >= 15 is 0 Å². The first-order valence-corrected chi connectivity index (χ1v) is 8.33. The Morgan fingerprint density at radius 1 is 0.950 bits per heavy atom. The van der Waals surface area contributed by atoms with Crippen molar-refractivity contribution in [1.82, 2.24) is 0 Å². The minimum Gasteiger partial charge on any atom is -0.330 e. The molecule has 1 aromatic rings. The molecule has 0 heterocycles. The van der Waals surface area contributed by atoms with E-state index in [4.69, 9.17) is 5.73 Å². The molecule has 2 rings (SSSR count). The van der Waals surface area contributed by atoms with E-state index in [1.165, 1.54) is 68.1 Å². The molecule has 2 N–H and O–H groups in total. The monoisotopic (exact) mass is 273 g/mol. The van der Waals surface area contributed by atoms with Crippen molar-refractivity contribution in [2.45, 2.75) is 72.1 Å². The van der Waals surface area contributed by atoms with Gasteiger partial charge in [0, 0.05) is 0 Å². The van der Waals surface area contributed by atoms with E-state index in [9.17, 15) is 0 Å². The van der Waals surface area contributed by atoms with Crippen LogP contribution in [0.3, 0.4) is 0 Å². The molecule has 0 spiro atoms. The van der Waals surface area contributed by atoms with Gasteiger partial charge in [0.25, 0.3) is 0 Å². The SMILES string of the molecule is Cc1cc(C)c(CCC2(CCN)CCCCC2)c(C)c1. The van der Waals surface area contributed by atoms with Gasteiger partial charge in [-0.2, -0.15) is 0 Å². The second kappa shape index (κ2) is 6.76. The summed E-state index contributed by atoms with van der Waals surface area (Å²) in [4.78, 5) is 0. The van der Waals surface area contributed by atoms with Crippen LogP contribution in [-0.2, 0) is 6.42 Å². The summed E-state index contributed by atoms with van der Waals surface area (Å²) in [5.74, 6) is 0. The second-order valence-electron chi connectivity index (χ2n) is 6.98. The lowest BCUT2D eigenvalue weighted by atomic mass is 9.68. The number of benzene rings is 1. The van der Waals surface area contributed by atoms with E-state index in [2.05, 4.69) is 32.9 Å². The summed E-state index contributed by atoms with van der Waals surface area (Å²) < 4.78 is 0. The summed E-state index contributed by atoms with van der Waals surface area (Å²) in [6.07, 6.45) is 10.8. The maximum atomic E-state index is 5.89. The lowest BCUT2D eigenvalue weighted by Gasteiger charge is -2.37. The van der Waals surface area contributed by atoms with Gasteiger partial charge in [0.1, 0.15) is 0 Å². The molecule has 0 bridgehead atoms. The Morgan fingerprint density at radius 2 is 1.55 bits per heavy atom. The van der Waals surface area contributed by atoms with Crippen LogP contribution in [0.2, 0.25) is 0 Å². The van der Waals surface area contributed by atoms with Gasteiger partial charge in [0.05, 0.1) is 0 Å². The van der Waals surface area contributed by atoms with Gasteiger partial charge < -0.3 is 5.73 Å². The lowest BCUT2D eigenvalue weighted by Crippen LogP contribution is -2.28. The summed E-state index contributed by atoms with van der Waals surface area (Å²) in [5.41, 5.74) is 12.3. The summed E-state index contributed by atoms with van der Waals surface area (Å²) in [6.45, 7) is 7.59. The average molecular weight is 273 g/mol. The van der Waals surface area contributed by atoms with Crippen LogP contribution >= 0.6 is 0 Å². The van der Waals surface area contributed by atoms with Gasteiger partial charge in [0.15, 0.2) is 0 Å². The van der Waals surface area contributed by atoms with E-state index in [-0.39, 0.29) is 0 Å². The molecule has 0 atom stereocenters. The van der Waals surface area contributed by atoms with Crippen molar-refractivity contribution >= 4 is 0 Å². The predicted octanol–water partition coefficient (Wildman–Crippen LogP) is 4.84. The normalized spacial score (nSPS) is 18.2. The molecular formula is C19H31N. The van der Waals surface area contributed by atoms with Gasteiger partial charge in [-0.1, -0.05) is 37.0 Å². The van der Waals surface area contributed by atoms with Gasteiger partial charge in [-0.3, -0.25) is 0 Å². The van der Waals surface area contributed by atoms with Gasteiger partial charge >= 0.3 is 0 Å². The standard InChI is InChI=1S/C19H31N/c1-15-13-16(2)18(17(3)14-15)7-10-19(11-12-20)8-5-4-6-9-19/h13-14H,4-12,20H2,1-3H3. The number of nitrogens with two attached hydrogens (primary N) is 1. The third-order valence-corrected chi connectivity index (χ3v) is 5.33. The van der Waals surface area contributed by atoms with Crippen LogP contribution in [0.15, 0.2) is 12.1 Å². The van der Waals surface area contributed by atoms with E-state index in [0.29, 0.717) is 5.41 Å². The molecule has 1 heteroatoms. The van der Waals surface area contributed by atoms with Crippen molar-refractivity contribution in [3.8, 4) is 0 Å². The molecule has 0 aliphatic heterocycles. The molecule has 1 fully saturated rings. The highest BCUT2D eigenvalue weighted by atomic mass is 14.5. The molecule has 0 saturated heterocycles. The predicted molar refractivity (Wildman–Crippen MR) is 88.2 cm³/mol. The van der Waals surface area contributed by atoms with E-state index < -0.39 is 0 Å². The molecule has 0 aromatic heterocycles. The van der Waals surface area contributed by atoms with Crippen LogP contribution in [0.25, 0.3) is 0 Å². The number of rotatable bonds is 5. The van der Waals surface area contributed by atoms with Crippen LogP contribution in [0.4, 0.5) is 0 Å². The van der Waals surface area contributed by atoms with Crippen molar-refractivity contribution in [2.75, 3.05) is 6.54 Å². The third kappa shape index (κ3) is 3.63. The van der Waals surface area contributed by atoms with Crippen molar-refractivity contribution in [1.29, 1.82) is 0 Å². The Labute approximate surface area is 125 Å². The Balaban J connectivity index is 2.09. The summed E-state index contributed by atoms with van der Waals surface area (Å²) >= 11 is 0. The van der Waals surface area contributed by atoms with Crippen LogP contribution in [0, 0.1) is 26.2 Å². The van der Waals surface area contributed by atoms with Crippen molar-refractivity contribution in [2.24, 2.45) is 11.1 Å². The van der Waals surface area contributed by atoms with Gasteiger partial charge in [-0.25, -0.2) is 0 Å². The maximum Gasteiger partial charge on any atom is -0.00720 e. The Bertz CT molecular complexity index is 413. The molecule has 0 amide bonds. The highest BCUT2D eigenvalue weighted by molar-refractivity contribution is 5.37. The topological polar surface area (TPSA) is 26.0 Å². The third-order valence-electron chi connectivity index (χ3n) is 5.33. The highest BCUT2D eigenvalue weighted by Crippen LogP contribution is 2.43. The molecular weight excluding hydrogens is 242 g/mol. The van der Waals surface area contributed by atoms with Crippen LogP contribution in [-0.4, -0.2) is 6.54 Å². The lowest BCUT2D eigenvalue weighted by molar-refractivity contribution is 0.161. The van der Waals surface area contributed by atoms with E-state index in [1.807, 2.05) is 0 Å². The fourth-order valence-electron chi connectivity index (χ4n) is 4.23. The van der Waals surface area contributed by atoms with Crippen LogP contribution < -0.4 is 5.73 Å². The number of aryl methyl sites for hydroxylation is 3. The molecule has 1 nitrogen and oxygen atoms in total. The number of hydrogen-bond acceptors (Lipinski definition) is 1. The Kier molecular flexibility index (Phi) is 5.26. The van der Waals surface area contributed by atoms with Gasteiger partial charge in [-0.05, 0) is 81.5 Å². The molecule has 1 aliphatic carbocycles. The van der Waals surface area contributed by atoms with Crippen LogP contribution in [0.5, 0.6) is 0 Å².